The lowest BCUT2D eigenvalue weighted by Crippen LogP contribution is -2.42. The summed E-state index contributed by atoms with van der Waals surface area (Å²) in [5.74, 6) is 1.90. The van der Waals surface area contributed by atoms with Crippen molar-refractivity contribution in [3.05, 3.63) is 12.0 Å². The van der Waals surface area contributed by atoms with Crippen LogP contribution in [0.5, 0.6) is 0 Å². The lowest BCUT2D eigenvalue weighted by atomic mass is 9.98. The van der Waals surface area contributed by atoms with Gasteiger partial charge < -0.3 is 15.5 Å². The predicted molar refractivity (Wildman–Crippen MR) is 90.3 cm³/mol. The highest BCUT2D eigenvalue weighted by molar-refractivity contribution is 7.99. The molecule has 2 aliphatic rings. The third-order valence-corrected chi connectivity index (χ3v) is 5.02. The summed E-state index contributed by atoms with van der Waals surface area (Å²) in [5.41, 5.74) is 0. The first-order valence-corrected chi connectivity index (χ1v) is 9.25. The van der Waals surface area contributed by atoms with Gasteiger partial charge in [0.05, 0.1) is 18.0 Å². The van der Waals surface area contributed by atoms with E-state index in [-0.39, 0.29) is 17.8 Å². The molecule has 1 saturated carbocycles. The van der Waals surface area contributed by atoms with E-state index in [4.69, 9.17) is 0 Å². The molecule has 23 heavy (non-hydrogen) atoms. The van der Waals surface area contributed by atoms with Gasteiger partial charge in [0.15, 0.2) is 11.6 Å². The van der Waals surface area contributed by atoms with Crippen LogP contribution >= 0.6 is 11.8 Å². The molecule has 1 aromatic heterocycles. The number of hydrogen-bond acceptors (Lipinski definition) is 6. The molecule has 8 heteroatoms. The van der Waals surface area contributed by atoms with Crippen LogP contribution in [0.1, 0.15) is 12.8 Å². The summed E-state index contributed by atoms with van der Waals surface area (Å²) in [6.45, 7) is 1.49. The molecule has 1 amide bonds. The van der Waals surface area contributed by atoms with Gasteiger partial charge in [0.1, 0.15) is 0 Å². The van der Waals surface area contributed by atoms with Crippen LogP contribution in [-0.2, 0) is 4.79 Å². The Morgan fingerprint density at radius 1 is 1.48 bits per heavy atom. The van der Waals surface area contributed by atoms with E-state index < -0.39 is 5.82 Å². The third-order valence-electron chi connectivity index (χ3n) is 4.47. The van der Waals surface area contributed by atoms with Gasteiger partial charge in [-0.05, 0) is 25.0 Å². The maximum Gasteiger partial charge on any atom is 0.230 e. The fourth-order valence-corrected chi connectivity index (χ4v) is 3.56. The quantitative estimate of drug-likeness (QED) is 0.815. The minimum Gasteiger partial charge on any atom is -0.371 e. The van der Waals surface area contributed by atoms with Gasteiger partial charge in [-0.15, -0.1) is 0 Å². The van der Waals surface area contributed by atoms with Gasteiger partial charge in [-0.2, -0.15) is 16.7 Å². The monoisotopic (exact) mass is 339 g/mol. The number of thioether (sulfide) groups is 1. The van der Waals surface area contributed by atoms with E-state index in [2.05, 4.69) is 20.6 Å². The van der Waals surface area contributed by atoms with Crippen LogP contribution in [0.25, 0.3) is 0 Å². The van der Waals surface area contributed by atoms with E-state index in [1.54, 1.807) is 7.05 Å². The highest BCUT2D eigenvalue weighted by Gasteiger charge is 2.43. The number of nitrogens with one attached hydrogen (secondary N) is 2. The maximum absolute atomic E-state index is 13.5. The van der Waals surface area contributed by atoms with Gasteiger partial charge in [-0.3, -0.25) is 4.79 Å². The van der Waals surface area contributed by atoms with E-state index in [1.165, 1.54) is 30.8 Å². The second-order valence-electron chi connectivity index (χ2n) is 6.13. The normalized spacial score (nSPS) is 23.9. The molecule has 126 valence electrons. The number of amides is 1. The Labute approximate surface area is 139 Å². The van der Waals surface area contributed by atoms with Crippen molar-refractivity contribution in [2.24, 2.45) is 11.8 Å². The second kappa shape index (κ2) is 6.90. The molecule has 2 fully saturated rings. The van der Waals surface area contributed by atoms with Crippen LogP contribution in [-0.4, -0.2) is 54.1 Å². The number of aromatic nitrogens is 2. The largest absolute Gasteiger partial charge is 0.371 e. The summed E-state index contributed by atoms with van der Waals surface area (Å²) in [7, 11) is 1.64. The zero-order valence-corrected chi connectivity index (χ0v) is 14.2. The summed E-state index contributed by atoms with van der Waals surface area (Å²) in [5, 5.41) is 5.88. The SMILES string of the molecule is CNc1nc(N2C[C@H](NC(=O)CSC)[C@@H](C3CC3)C2)ncc1F. The molecule has 6 nitrogen and oxygen atoms in total. The van der Waals surface area contributed by atoms with Crippen LogP contribution in [0, 0.1) is 17.7 Å². The van der Waals surface area contributed by atoms with Crippen molar-refractivity contribution >= 4 is 29.4 Å². The van der Waals surface area contributed by atoms with Gasteiger partial charge in [0.2, 0.25) is 11.9 Å². The Hall–Kier alpha value is -1.57. The Kier molecular flexibility index (Phi) is 4.89. The molecule has 1 aromatic rings. The van der Waals surface area contributed by atoms with E-state index in [1.807, 2.05) is 11.2 Å². The minimum absolute atomic E-state index is 0.0749. The average Bonchev–Trinajstić information content (AvgIpc) is 3.29. The van der Waals surface area contributed by atoms with Crippen molar-refractivity contribution in [1.29, 1.82) is 0 Å². The Bertz CT molecular complexity index is 583. The summed E-state index contributed by atoms with van der Waals surface area (Å²) >= 11 is 1.52. The number of rotatable bonds is 6. The van der Waals surface area contributed by atoms with Crippen molar-refractivity contribution in [3.8, 4) is 0 Å². The number of carbonyl (C=O) groups is 1. The molecule has 2 heterocycles. The molecule has 0 aromatic carbocycles. The molecule has 1 aliphatic heterocycles. The van der Waals surface area contributed by atoms with Crippen LogP contribution in [0.2, 0.25) is 0 Å². The van der Waals surface area contributed by atoms with Gasteiger partial charge >= 0.3 is 0 Å². The number of anilines is 2. The van der Waals surface area contributed by atoms with Crippen LogP contribution in [0.15, 0.2) is 6.20 Å². The number of carbonyl (C=O) groups excluding carboxylic acids is 1. The van der Waals surface area contributed by atoms with Crippen LogP contribution in [0.4, 0.5) is 16.2 Å². The molecule has 3 rings (SSSR count). The molecule has 0 radical (unpaired) electrons. The van der Waals surface area contributed by atoms with Gasteiger partial charge in [0.25, 0.3) is 0 Å². The van der Waals surface area contributed by atoms with Crippen molar-refractivity contribution in [2.75, 3.05) is 42.4 Å². The Morgan fingerprint density at radius 2 is 2.26 bits per heavy atom. The summed E-state index contributed by atoms with van der Waals surface area (Å²) in [6.07, 6.45) is 5.56. The fraction of sp³-hybridized carbons (Fsp3) is 0.667. The molecule has 0 bridgehead atoms. The van der Waals surface area contributed by atoms with E-state index in [9.17, 15) is 9.18 Å². The molecule has 1 saturated heterocycles. The van der Waals surface area contributed by atoms with Crippen molar-refractivity contribution < 1.29 is 9.18 Å². The maximum atomic E-state index is 13.5. The molecule has 1 aliphatic carbocycles. The fourth-order valence-electron chi connectivity index (χ4n) is 3.21. The number of nitrogens with zero attached hydrogens (tertiary/aromatic N) is 3. The first-order chi connectivity index (χ1) is 11.1. The standard InChI is InChI=1S/C15H22FN5OS/c1-17-14-11(16)5-18-15(20-14)21-6-10(9-3-4-9)12(7-21)19-13(22)8-23-2/h5,9-10,12H,3-4,6-8H2,1-2H3,(H,19,22)(H,17,18,20)/t10-,12+/m1/s1. The zero-order valence-electron chi connectivity index (χ0n) is 13.4. The topological polar surface area (TPSA) is 70.2 Å². The summed E-state index contributed by atoms with van der Waals surface area (Å²) in [6, 6.07) is 0.119. The van der Waals surface area contributed by atoms with E-state index in [0.29, 0.717) is 30.1 Å². The molecular weight excluding hydrogens is 317 g/mol. The highest BCUT2D eigenvalue weighted by atomic mass is 32.2. The highest BCUT2D eigenvalue weighted by Crippen LogP contribution is 2.42. The van der Waals surface area contributed by atoms with Crippen molar-refractivity contribution in [2.45, 2.75) is 18.9 Å². The molecule has 0 unspecified atom stereocenters. The Balaban J connectivity index is 1.73. The number of halogens is 1. The summed E-state index contributed by atoms with van der Waals surface area (Å²) < 4.78 is 13.5. The first-order valence-electron chi connectivity index (χ1n) is 7.86. The van der Waals surface area contributed by atoms with Crippen LogP contribution < -0.4 is 15.5 Å². The smallest absolute Gasteiger partial charge is 0.230 e. The number of hydrogen-bond donors (Lipinski definition) is 2. The molecular formula is C15H22FN5OS. The summed E-state index contributed by atoms with van der Waals surface area (Å²) in [4.78, 5) is 22.3. The van der Waals surface area contributed by atoms with Crippen molar-refractivity contribution in [1.82, 2.24) is 15.3 Å². The lowest BCUT2D eigenvalue weighted by Gasteiger charge is -2.18. The van der Waals surface area contributed by atoms with E-state index >= 15 is 0 Å². The van der Waals surface area contributed by atoms with Gasteiger partial charge in [0, 0.05) is 26.1 Å². The zero-order chi connectivity index (χ0) is 16.4. The van der Waals surface area contributed by atoms with Crippen LogP contribution in [0.3, 0.4) is 0 Å². The van der Waals surface area contributed by atoms with E-state index in [0.717, 1.165) is 6.54 Å². The first kappa shape index (κ1) is 16.3. The van der Waals surface area contributed by atoms with Gasteiger partial charge in [-0.25, -0.2) is 9.37 Å². The second-order valence-corrected chi connectivity index (χ2v) is 7.00. The average molecular weight is 339 g/mol. The molecule has 2 N–H and O–H groups in total. The molecule has 0 spiro atoms. The third kappa shape index (κ3) is 3.68. The minimum atomic E-state index is -0.459. The lowest BCUT2D eigenvalue weighted by molar-refractivity contribution is -0.119. The van der Waals surface area contributed by atoms with Crippen molar-refractivity contribution in [3.63, 3.8) is 0 Å². The predicted octanol–water partition coefficient (Wildman–Crippen LogP) is 1.35. The molecule has 2 atom stereocenters. The Morgan fingerprint density at radius 3 is 2.91 bits per heavy atom. The van der Waals surface area contributed by atoms with Gasteiger partial charge in [-0.1, -0.05) is 0 Å².